The van der Waals surface area contributed by atoms with E-state index in [0.717, 1.165) is 30.4 Å². The van der Waals surface area contributed by atoms with Crippen LogP contribution in [0.3, 0.4) is 0 Å². The second-order valence-electron chi connectivity index (χ2n) is 11.5. The van der Waals surface area contributed by atoms with E-state index in [1.807, 2.05) is 5.38 Å². The largest absolute Gasteiger partial charge is 0.481 e. The summed E-state index contributed by atoms with van der Waals surface area (Å²) in [6.07, 6.45) is 8.73. The molecule has 0 saturated heterocycles. The van der Waals surface area contributed by atoms with Crippen molar-refractivity contribution in [2.24, 2.45) is 23.2 Å². The SMILES string of the molecule is CC1(C)[C@@H]2C[C@H](C/C=C\CCCC(=O)O)C(NC(=O)c3csc4ccc(OS(=O)(=O)c5ccccc5)cc34)[C@H]1C2. The van der Waals surface area contributed by atoms with E-state index in [1.165, 1.54) is 23.5 Å². The van der Waals surface area contributed by atoms with Gasteiger partial charge >= 0.3 is 16.1 Å². The molecular weight excluding hydrogens is 546 g/mol. The molecule has 4 atom stereocenters. The van der Waals surface area contributed by atoms with Crippen molar-refractivity contribution in [3.63, 3.8) is 0 Å². The number of aliphatic carboxylic acids is 1. The molecule has 3 aliphatic carbocycles. The Morgan fingerprint density at radius 1 is 1.12 bits per heavy atom. The van der Waals surface area contributed by atoms with E-state index in [1.54, 1.807) is 36.4 Å². The molecule has 7 nitrogen and oxygen atoms in total. The summed E-state index contributed by atoms with van der Waals surface area (Å²) >= 11 is 1.44. The molecule has 3 saturated carbocycles. The molecule has 0 aliphatic heterocycles. The predicted molar refractivity (Wildman–Crippen MR) is 156 cm³/mol. The van der Waals surface area contributed by atoms with E-state index in [-0.39, 0.29) is 34.4 Å². The lowest BCUT2D eigenvalue weighted by Gasteiger charge is -2.62. The minimum Gasteiger partial charge on any atom is -0.481 e. The average molecular weight is 582 g/mol. The fourth-order valence-electron chi connectivity index (χ4n) is 6.35. The molecule has 9 heteroatoms. The van der Waals surface area contributed by atoms with Gasteiger partial charge in [0.1, 0.15) is 10.6 Å². The summed E-state index contributed by atoms with van der Waals surface area (Å²) in [5, 5.41) is 14.7. The number of unbranched alkanes of at least 4 members (excludes halogenated alkanes) is 1. The Kier molecular flexibility index (Phi) is 8.06. The number of allylic oxidation sites excluding steroid dienone is 2. The Labute approximate surface area is 239 Å². The molecule has 3 aliphatic rings. The number of amides is 1. The molecule has 3 fully saturated rings. The first-order valence-corrected chi connectivity index (χ1v) is 16.0. The van der Waals surface area contributed by atoms with Crippen molar-refractivity contribution in [1.29, 1.82) is 0 Å². The molecule has 212 valence electrons. The second-order valence-corrected chi connectivity index (χ2v) is 14.0. The number of thiophene rings is 1. The van der Waals surface area contributed by atoms with E-state index in [9.17, 15) is 18.0 Å². The lowest BCUT2D eigenvalue weighted by atomic mass is 9.44. The molecule has 1 unspecified atom stereocenters. The molecule has 1 amide bonds. The Morgan fingerprint density at radius 3 is 2.62 bits per heavy atom. The summed E-state index contributed by atoms with van der Waals surface area (Å²) in [5.41, 5.74) is 0.688. The van der Waals surface area contributed by atoms with Gasteiger partial charge in [0.05, 0.1) is 5.56 Å². The molecule has 40 heavy (non-hydrogen) atoms. The first-order chi connectivity index (χ1) is 19.1. The van der Waals surface area contributed by atoms with Gasteiger partial charge in [0.2, 0.25) is 0 Å². The first kappa shape index (κ1) is 28.4. The van der Waals surface area contributed by atoms with Crippen molar-refractivity contribution in [3.05, 3.63) is 71.6 Å². The van der Waals surface area contributed by atoms with Crippen LogP contribution in [0.4, 0.5) is 0 Å². The lowest BCUT2D eigenvalue weighted by molar-refractivity contribution is -0.137. The molecule has 2 bridgehead atoms. The molecule has 2 aromatic carbocycles. The van der Waals surface area contributed by atoms with Gasteiger partial charge in [-0.05, 0) is 85.6 Å². The number of carboxylic acid groups (broad SMARTS) is 1. The molecule has 2 N–H and O–H groups in total. The van der Waals surface area contributed by atoms with E-state index in [0.29, 0.717) is 35.1 Å². The molecular formula is C31H35NO6S2. The first-order valence-electron chi connectivity index (χ1n) is 13.7. The van der Waals surface area contributed by atoms with Gasteiger partial charge in [0, 0.05) is 27.9 Å². The molecule has 3 aromatic rings. The Bertz CT molecular complexity index is 1530. The van der Waals surface area contributed by atoms with Crippen LogP contribution in [-0.2, 0) is 14.9 Å². The van der Waals surface area contributed by atoms with Crippen LogP contribution in [0.25, 0.3) is 10.1 Å². The highest BCUT2D eigenvalue weighted by Crippen LogP contribution is 2.61. The Balaban J connectivity index is 1.32. The van der Waals surface area contributed by atoms with E-state index in [2.05, 4.69) is 31.3 Å². The number of carboxylic acids is 1. The van der Waals surface area contributed by atoms with Gasteiger partial charge in [-0.3, -0.25) is 9.59 Å². The minimum absolute atomic E-state index is 0.0315. The number of hydrogen-bond donors (Lipinski definition) is 2. The zero-order valence-electron chi connectivity index (χ0n) is 22.7. The Morgan fingerprint density at radius 2 is 1.90 bits per heavy atom. The maximum Gasteiger partial charge on any atom is 0.339 e. The van der Waals surface area contributed by atoms with Crippen molar-refractivity contribution in [1.82, 2.24) is 5.32 Å². The molecule has 6 rings (SSSR count). The lowest BCUT2D eigenvalue weighted by Crippen LogP contribution is -2.63. The monoisotopic (exact) mass is 581 g/mol. The van der Waals surface area contributed by atoms with Crippen LogP contribution in [-0.4, -0.2) is 31.4 Å². The third kappa shape index (κ3) is 5.81. The van der Waals surface area contributed by atoms with Crippen molar-refractivity contribution >= 4 is 43.4 Å². The van der Waals surface area contributed by atoms with Crippen LogP contribution in [0, 0.1) is 23.2 Å². The predicted octanol–water partition coefficient (Wildman–Crippen LogP) is 6.65. The molecule has 1 heterocycles. The maximum absolute atomic E-state index is 13.7. The van der Waals surface area contributed by atoms with Crippen LogP contribution in [0.1, 0.15) is 62.7 Å². The van der Waals surface area contributed by atoms with Crippen molar-refractivity contribution in [2.45, 2.75) is 63.3 Å². The summed E-state index contributed by atoms with van der Waals surface area (Å²) in [4.78, 5) is 24.5. The molecule has 1 aromatic heterocycles. The van der Waals surface area contributed by atoms with E-state index >= 15 is 0 Å². The van der Waals surface area contributed by atoms with Gasteiger partial charge in [-0.2, -0.15) is 8.42 Å². The highest BCUT2D eigenvalue weighted by atomic mass is 32.2. The van der Waals surface area contributed by atoms with E-state index < -0.39 is 16.1 Å². The van der Waals surface area contributed by atoms with Crippen LogP contribution < -0.4 is 9.50 Å². The van der Waals surface area contributed by atoms with Gasteiger partial charge in [-0.15, -0.1) is 11.3 Å². The standard InChI is InChI=1S/C31H35NO6S2/c1-31(2)21-16-20(10-6-3-4-9-13-28(33)34)29(26(31)17-21)32-30(35)25-19-39-27-15-14-22(18-24(25)27)38-40(36,37)23-11-7-5-8-12-23/h3,5-8,11-12,14-15,18-21,26,29H,4,9-10,13,16-17H2,1-2H3,(H,32,35)(H,33,34)/b6-3-/t20-,21+,26+,29?/m0/s1. The fourth-order valence-corrected chi connectivity index (χ4v) is 8.22. The number of fused-ring (bicyclic) bond motifs is 3. The van der Waals surface area contributed by atoms with Gasteiger partial charge in [-0.25, -0.2) is 0 Å². The smallest absolute Gasteiger partial charge is 0.339 e. The normalized spacial score (nSPS) is 23.6. The second kappa shape index (κ2) is 11.4. The van der Waals surface area contributed by atoms with Gasteiger partial charge in [-0.1, -0.05) is 44.2 Å². The minimum atomic E-state index is -3.99. The van der Waals surface area contributed by atoms with E-state index in [4.69, 9.17) is 9.29 Å². The number of benzene rings is 2. The molecule has 0 radical (unpaired) electrons. The van der Waals surface area contributed by atoms with Gasteiger partial charge in [0.25, 0.3) is 5.91 Å². The van der Waals surface area contributed by atoms with Gasteiger partial charge in [0.15, 0.2) is 0 Å². The van der Waals surface area contributed by atoms with Crippen LogP contribution in [0.2, 0.25) is 0 Å². The van der Waals surface area contributed by atoms with Crippen molar-refractivity contribution in [2.75, 3.05) is 0 Å². The number of carbonyl (C=O) groups excluding carboxylic acids is 1. The van der Waals surface area contributed by atoms with Crippen LogP contribution >= 0.6 is 11.3 Å². The zero-order chi connectivity index (χ0) is 28.5. The number of hydrogen-bond acceptors (Lipinski definition) is 6. The number of rotatable bonds is 11. The highest BCUT2D eigenvalue weighted by Gasteiger charge is 2.57. The third-order valence-electron chi connectivity index (χ3n) is 8.77. The summed E-state index contributed by atoms with van der Waals surface area (Å²) in [5.74, 6) is 0.579. The Hall–Kier alpha value is -3.17. The summed E-state index contributed by atoms with van der Waals surface area (Å²) in [6, 6.07) is 13.0. The van der Waals surface area contributed by atoms with Gasteiger partial charge < -0.3 is 14.6 Å². The van der Waals surface area contributed by atoms with Crippen LogP contribution in [0.5, 0.6) is 5.75 Å². The molecule has 0 spiro atoms. The fraction of sp³-hybridized carbons (Fsp3) is 0.419. The summed E-state index contributed by atoms with van der Waals surface area (Å²) in [6.45, 7) is 4.58. The summed E-state index contributed by atoms with van der Waals surface area (Å²) < 4.78 is 31.8. The number of nitrogens with one attached hydrogen (secondary N) is 1. The van der Waals surface area contributed by atoms with Crippen LogP contribution in [0.15, 0.2) is 71.0 Å². The third-order valence-corrected chi connectivity index (χ3v) is 11.0. The summed E-state index contributed by atoms with van der Waals surface area (Å²) in [7, 11) is -3.99. The quantitative estimate of drug-likeness (QED) is 0.149. The van der Waals surface area contributed by atoms with Crippen molar-refractivity contribution < 1.29 is 27.3 Å². The van der Waals surface area contributed by atoms with Crippen molar-refractivity contribution in [3.8, 4) is 5.75 Å². The topological polar surface area (TPSA) is 110 Å². The number of carbonyl (C=O) groups is 2. The highest BCUT2D eigenvalue weighted by molar-refractivity contribution is 7.87. The zero-order valence-corrected chi connectivity index (χ0v) is 24.3. The average Bonchev–Trinajstić information content (AvgIpc) is 3.34. The maximum atomic E-state index is 13.7.